The van der Waals surface area contributed by atoms with Crippen molar-refractivity contribution in [1.82, 2.24) is 0 Å². The first kappa shape index (κ1) is 16.8. The van der Waals surface area contributed by atoms with Crippen LogP contribution < -0.4 is 4.46 Å². The quantitative estimate of drug-likeness (QED) is 0.568. The van der Waals surface area contributed by atoms with E-state index < -0.39 is 6.10 Å². The van der Waals surface area contributed by atoms with Gasteiger partial charge in [-0.15, -0.1) is 0 Å². The van der Waals surface area contributed by atoms with Gasteiger partial charge in [-0.3, -0.25) is 0 Å². The van der Waals surface area contributed by atoms with Crippen LogP contribution in [0.1, 0.15) is 23.3 Å². The number of ether oxygens (including phenoxy) is 3. The number of hydrogen-bond donors (Lipinski definition) is 0. The summed E-state index contributed by atoms with van der Waals surface area (Å²) in [6, 6.07) is 18.8. The molecule has 0 aliphatic carbocycles. The number of rotatable bonds is 5. The molecule has 2 aromatic rings. The maximum absolute atomic E-state index is 12.3. The summed E-state index contributed by atoms with van der Waals surface area (Å²) in [4.78, 5) is 12.6. The van der Waals surface area contributed by atoms with Gasteiger partial charge in [0, 0.05) is 0 Å². The SMILES string of the molecule is COC(=O)C(OC)C1C([Se]c2ccccc2)[C@@H]2O[C@H]1c1ccccc12. The summed E-state index contributed by atoms with van der Waals surface area (Å²) in [6.07, 6.45) is -0.696. The molecule has 2 aliphatic rings. The Morgan fingerprint density at radius 1 is 1.00 bits per heavy atom. The van der Waals surface area contributed by atoms with Crippen molar-refractivity contribution in [2.75, 3.05) is 14.2 Å². The van der Waals surface area contributed by atoms with E-state index in [4.69, 9.17) is 14.2 Å². The Morgan fingerprint density at radius 3 is 2.28 bits per heavy atom. The van der Waals surface area contributed by atoms with Gasteiger partial charge in [0.2, 0.25) is 0 Å². The first-order valence-electron chi connectivity index (χ1n) is 8.31. The summed E-state index contributed by atoms with van der Waals surface area (Å²) in [7, 11) is 2.99. The number of fused-ring (bicyclic) bond motifs is 5. The van der Waals surface area contributed by atoms with Crippen molar-refractivity contribution in [2.45, 2.75) is 23.1 Å². The molecule has 130 valence electrons. The molecule has 0 radical (unpaired) electrons. The standard InChI is InChI=1S/C20H20O4Se/c1-22-18(20(21)23-2)15-16-13-10-6-7-11-14(13)17(24-16)19(15)25-12-8-4-3-5-9-12/h3-11,15-19H,1-2H3/t15?,16-,17+,18?,19?/m0/s1. The van der Waals surface area contributed by atoms with E-state index in [0.717, 1.165) is 0 Å². The third-order valence-electron chi connectivity index (χ3n) is 4.98. The molecule has 2 bridgehead atoms. The van der Waals surface area contributed by atoms with Crippen molar-refractivity contribution in [3.8, 4) is 0 Å². The van der Waals surface area contributed by atoms with Crippen molar-refractivity contribution in [2.24, 2.45) is 5.92 Å². The third kappa shape index (κ3) is 2.81. The molecule has 0 spiro atoms. The van der Waals surface area contributed by atoms with Crippen molar-refractivity contribution < 1.29 is 19.0 Å². The van der Waals surface area contributed by atoms with E-state index in [2.05, 4.69) is 42.5 Å². The molecule has 2 aromatic carbocycles. The zero-order chi connectivity index (χ0) is 17.4. The summed E-state index contributed by atoms with van der Waals surface area (Å²) < 4.78 is 18.2. The van der Waals surface area contributed by atoms with E-state index in [1.165, 1.54) is 22.7 Å². The average molecular weight is 403 g/mol. The fourth-order valence-electron chi connectivity index (χ4n) is 3.91. The average Bonchev–Trinajstić information content (AvgIpc) is 3.21. The van der Waals surface area contributed by atoms with E-state index in [9.17, 15) is 4.79 Å². The van der Waals surface area contributed by atoms with Crippen LogP contribution in [0.25, 0.3) is 0 Å². The van der Waals surface area contributed by atoms with Crippen LogP contribution in [0.2, 0.25) is 4.82 Å². The van der Waals surface area contributed by atoms with Crippen molar-refractivity contribution in [3.63, 3.8) is 0 Å². The molecule has 1 fully saturated rings. The van der Waals surface area contributed by atoms with Crippen LogP contribution in [0.3, 0.4) is 0 Å². The minimum absolute atomic E-state index is 0.0220. The molecule has 0 N–H and O–H groups in total. The van der Waals surface area contributed by atoms with Gasteiger partial charge in [0.15, 0.2) is 0 Å². The maximum atomic E-state index is 12.3. The van der Waals surface area contributed by atoms with E-state index in [-0.39, 0.29) is 43.9 Å². The zero-order valence-electron chi connectivity index (χ0n) is 14.1. The summed E-state index contributed by atoms with van der Waals surface area (Å²) in [5, 5.41) is 0. The predicted octanol–water partition coefficient (Wildman–Crippen LogP) is 2.43. The number of hydrogen-bond acceptors (Lipinski definition) is 4. The van der Waals surface area contributed by atoms with Gasteiger partial charge in [0.1, 0.15) is 0 Å². The molecule has 0 saturated carbocycles. The fraction of sp³-hybridized carbons (Fsp3) is 0.350. The van der Waals surface area contributed by atoms with Gasteiger partial charge in [-0.25, -0.2) is 0 Å². The van der Waals surface area contributed by atoms with Crippen LogP contribution in [-0.4, -0.2) is 41.2 Å². The van der Waals surface area contributed by atoms with Gasteiger partial charge in [-0.1, -0.05) is 0 Å². The number of esters is 1. The number of carbonyl (C=O) groups excluding carboxylic acids is 1. The summed E-state index contributed by atoms with van der Waals surface area (Å²) in [5.74, 6) is -0.354. The van der Waals surface area contributed by atoms with Crippen LogP contribution in [-0.2, 0) is 19.0 Å². The number of methoxy groups -OCH3 is 2. The Bertz CT molecular complexity index is 763. The first-order valence-corrected chi connectivity index (χ1v) is 10.2. The van der Waals surface area contributed by atoms with Crippen LogP contribution in [0.5, 0.6) is 0 Å². The molecule has 1 saturated heterocycles. The van der Waals surface area contributed by atoms with E-state index in [0.29, 0.717) is 0 Å². The van der Waals surface area contributed by atoms with Crippen LogP contribution >= 0.6 is 0 Å². The first-order chi connectivity index (χ1) is 12.2. The Balaban J connectivity index is 1.73. The second kappa shape index (κ2) is 6.93. The van der Waals surface area contributed by atoms with Gasteiger partial charge in [-0.2, -0.15) is 0 Å². The van der Waals surface area contributed by atoms with Gasteiger partial charge >= 0.3 is 153 Å². The summed E-state index contributed by atoms with van der Waals surface area (Å²) in [5.41, 5.74) is 2.44. The molecule has 5 heteroatoms. The monoisotopic (exact) mass is 404 g/mol. The number of benzene rings is 2. The molecule has 3 unspecified atom stereocenters. The van der Waals surface area contributed by atoms with E-state index in [1.807, 2.05) is 12.1 Å². The molecule has 2 aliphatic heterocycles. The predicted molar refractivity (Wildman–Crippen MR) is 94.9 cm³/mol. The minimum atomic E-state index is -0.607. The van der Waals surface area contributed by atoms with Crippen LogP contribution in [0, 0.1) is 5.92 Å². The van der Waals surface area contributed by atoms with E-state index in [1.54, 1.807) is 7.11 Å². The number of carbonyl (C=O) groups is 1. The molecule has 25 heavy (non-hydrogen) atoms. The molecular formula is C20H20O4Se. The molecule has 2 heterocycles. The van der Waals surface area contributed by atoms with Gasteiger partial charge in [0.25, 0.3) is 0 Å². The van der Waals surface area contributed by atoms with Crippen molar-refractivity contribution >= 4 is 25.4 Å². The summed E-state index contributed by atoms with van der Waals surface area (Å²) >= 11 is 0.170. The van der Waals surface area contributed by atoms with E-state index >= 15 is 0 Å². The molecule has 0 aromatic heterocycles. The molecule has 4 nitrogen and oxygen atoms in total. The second-order valence-electron chi connectivity index (χ2n) is 6.26. The Kier molecular flexibility index (Phi) is 4.65. The Morgan fingerprint density at radius 2 is 1.64 bits per heavy atom. The Labute approximate surface area is 153 Å². The van der Waals surface area contributed by atoms with Crippen molar-refractivity contribution in [3.05, 3.63) is 65.7 Å². The van der Waals surface area contributed by atoms with Crippen LogP contribution in [0.4, 0.5) is 0 Å². The van der Waals surface area contributed by atoms with Crippen LogP contribution in [0.15, 0.2) is 54.6 Å². The summed E-state index contributed by atoms with van der Waals surface area (Å²) in [6.45, 7) is 0. The normalized spacial score (nSPS) is 27.8. The van der Waals surface area contributed by atoms with Gasteiger partial charge < -0.3 is 0 Å². The Hall–Kier alpha value is -1.65. The van der Waals surface area contributed by atoms with Crippen molar-refractivity contribution in [1.29, 1.82) is 0 Å². The van der Waals surface area contributed by atoms with Gasteiger partial charge in [-0.05, 0) is 0 Å². The molecular weight excluding hydrogens is 383 g/mol. The zero-order valence-corrected chi connectivity index (χ0v) is 15.8. The molecule has 0 amide bonds. The molecule has 4 rings (SSSR count). The molecule has 5 atom stereocenters. The topological polar surface area (TPSA) is 44.8 Å². The second-order valence-corrected chi connectivity index (χ2v) is 8.88. The third-order valence-corrected chi connectivity index (χ3v) is 7.87. The fourth-order valence-corrected chi connectivity index (χ4v) is 6.86. The van der Waals surface area contributed by atoms with Gasteiger partial charge in [0.05, 0.1) is 0 Å².